The third-order valence-electron chi connectivity index (χ3n) is 4.14. The number of amides is 2. The lowest BCUT2D eigenvalue weighted by Crippen LogP contribution is -2.50. The summed E-state index contributed by atoms with van der Waals surface area (Å²) in [7, 11) is 0. The Kier molecular flexibility index (Phi) is 7.46. The largest absolute Gasteiger partial charge is 0.354 e. The minimum atomic E-state index is -0.364. The number of carbonyl (C=O) groups excluding carboxylic acids is 2. The summed E-state index contributed by atoms with van der Waals surface area (Å²) in [5.41, 5.74) is 0. The van der Waals surface area contributed by atoms with Gasteiger partial charge in [-0.05, 0) is 43.1 Å². The van der Waals surface area contributed by atoms with E-state index in [-0.39, 0.29) is 23.8 Å². The SMILES string of the molecule is CC(=O)NC(C(=O)NCCCSc1ccccc1)C1CCCC1. The minimum absolute atomic E-state index is 0.0307. The van der Waals surface area contributed by atoms with Crippen LogP contribution in [0.3, 0.4) is 0 Å². The van der Waals surface area contributed by atoms with Crippen LogP contribution in [-0.4, -0.2) is 30.2 Å². The summed E-state index contributed by atoms with van der Waals surface area (Å²) in [6.45, 7) is 2.13. The molecule has 0 heterocycles. The molecule has 1 saturated carbocycles. The molecule has 1 aliphatic rings. The van der Waals surface area contributed by atoms with Crippen molar-refractivity contribution in [3.63, 3.8) is 0 Å². The first-order valence-electron chi connectivity index (χ1n) is 8.39. The van der Waals surface area contributed by atoms with Gasteiger partial charge in [-0.2, -0.15) is 0 Å². The average Bonchev–Trinajstić information content (AvgIpc) is 3.07. The zero-order valence-corrected chi connectivity index (χ0v) is 14.5. The zero-order chi connectivity index (χ0) is 16.5. The highest BCUT2D eigenvalue weighted by atomic mass is 32.2. The van der Waals surface area contributed by atoms with E-state index in [1.54, 1.807) is 11.8 Å². The van der Waals surface area contributed by atoms with Crippen molar-refractivity contribution in [2.45, 2.75) is 50.0 Å². The fourth-order valence-corrected chi connectivity index (χ4v) is 3.88. The zero-order valence-electron chi connectivity index (χ0n) is 13.7. The van der Waals surface area contributed by atoms with Crippen LogP contribution in [0.15, 0.2) is 35.2 Å². The molecule has 1 aromatic rings. The Bertz CT molecular complexity index is 501. The van der Waals surface area contributed by atoms with Gasteiger partial charge >= 0.3 is 0 Å². The van der Waals surface area contributed by atoms with Gasteiger partial charge in [-0.1, -0.05) is 31.0 Å². The molecular weight excluding hydrogens is 308 g/mol. The summed E-state index contributed by atoms with van der Waals surface area (Å²) in [6.07, 6.45) is 5.29. The Hall–Kier alpha value is -1.49. The summed E-state index contributed by atoms with van der Waals surface area (Å²) in [5, 5.41) is 5.82. The van der Waals surface area contributed by atoms with E-state index in [1.165, 1.54) is 11.8 Å². The first-order valence-corrected chi connectivity index (χ1v) is 9.38. The van der Waals surface area contributed by atoms with Crippen molar-refractivity contribution in [2.75, 3.05) is 12.3 Å². The Morgan fingerprint density at radius 1 is 1.22 bits per heavy atom. The van der Waals surface area contributed by atoms with E-state index < -0.39 is 0 Å². The van der Waals surface area contributed by atoms with Crippen LogP contribution in [0.5, 0.6) is 0 Å². The van der Waals surface area contributed by atoms with E-state index in [1.807, 2.05) is 18.2 Å². The highest BCUT2D eigenvalue weighted by Gasteiger charge is 2.30. The molecule has 0 radical (unpaired) electrons. The van der Waals surface area contributed by atoms with E-state index in [0.29, 0.717) is 6.54 Å². The van der Waals surface area contributed by atoms with Gasteiger partial charge in [0.15, 0.2) is 0 Å². The van der Waals surface area contributed by atoms with Crippen LogP contribution in [0.4, 0.5) is 0 Å². The molecule has 0 aliphatic heterocycles. The molecule has 1 aromatic carbocycles. The van der Waals surface area contributed by atoms with Crippen LogP contribution in [-0.2, 0) is 9.59 Å². The molecule has 1 atom stereocenters. The van der Waals surface area contributed by atoms with E-state index in [9.17, 15) is 9.59 Å². The number of benzene rings is 1. The molecule has 0 bridgehead atoms. The van der Waals surface area contributed by atoms with E-state index in [4.69, 9.17) is 0 Å². The van der Waals surface area contributed by atoms with Crippen molar-refractivity contribution in [1.82, 2.24) is 10.6 Å². The summed E-state index contributed by atoms with van der Waals surface area (Å²) in [4.78, 5) is 25.0. The molecule has 1 aliphatic carbocycles. The van der Waals surface area contributed by atoms with Gasteiger partial charge in [-0.25, -0.2) is 0 Å². The van der Waals surface area contributed by atoms with Crippen molar-refractivity contribution in [3.8, 4) is 0 Å². The second-order valence-electron chi connectivity index (χ2n) is 6.03. The van der Waals surface area contributed by atoms with Gasteiger partial charge in [-0.3, -0.25) is 9.59 Å². The quantitative estimate of drug-likeness (QED) is 0.567. The molecule has 0 spiro atoms. The summed E-state index contributed by atoms with van der Waals surface area (Å²) in [5.74, 6) is 1.10. The van der Waals surface area contributed by atoms with Gasteiger partial charge in [0, 0.05) is 18.4 Å². The van der Waals surface area contributed by atoms with Gasteiger partial charge < -0.3 is 10.6 Å². The Labute approximate surface area is 142 Å². The van der Waals surface area contributed by atoms with Crippen LogP contribution in [0.1, 0.15) is 39.0 Å². The second-order valence-corrected chi connectivity index (χ2v) is 7.20. The van der Waals surface area contributed by atoms with Crippen LogP contribution >= 0.6 is 11.8 Å². The highest BCUT2D eigenvalue weighted by Crippen LogP contribution is 2.28. The fourth-order valence-electron chi connectivity index (χ4n) is 3.01. The normalized spacial score (nSPS) is 16.0. The maximum atomic E-state index is 12.4. The number of thioether (sulfide) groups is 1. The Morgan fingerprint density at radius 2 is 1.91 bits per heavy atom. The molecule has 0 saturated heterocycles. The average molecular weight is 334 g/mol. The first kappa shape index (κ1) is 17.9. The van der Waals surface area contributed by atoms with E-state index >= 15 is 0 Å². The van der Waals surface area contributed by atoms with Crippen molar-refractivity contribution >= 4 is 23.6 Å². The van der Waals surface area contributed by atoms with Crippen molar-refractivity contribution < 1.29 is 9.59 Å². The van der Waals surface area contributed by atoms with Crippen LogP contribution < -0.4 is 10.6 Å². The van der Waals surface area contributed by atoms with E-state index in [0.717, 1.165) is 37.9 Å². The third kappa shape index (κ3) is 6.26. The lowest BCUT2D eigenvalue weighted by atomic mass is 9.97. The summed E-state index contributed by atoms with van der Waals surface area (Å²) < 4.78 is 0. The van der Waals surface area contributed by atoms with Gasteiger partial charge in [0.05, 0.1) is 0 Å². The lowest BCUT2D eigenvalue weighted by molar-refractivity contribution is -0.129. The lowest BCUT2D eigenvalue weighted by Gasteiger charge is -2.23. The molecule has 2 N–H and O–H groups in total. The van der Waals surface area contributed by atoms with Crippen molar-refractivity contribution in [2.24, 2.45) is 5.92 Å². The fraction of sp³-hybridized carbons (Fsp3) is 0.556. The van der Waals surface area contributed by atoms with Gasteiger partial charge in [-0.15, -0.1) is 11.8 Å². The number of carbonyl (C=O) groups is 2. The smallest absolute Gasteiger partial charge is 0.242 e. The standard InChI is InChI=1S/C18H26N2O2S/c1-14(21)20-17(15-8-5-6-9-15)18(22)19-12-7-13-23-16-10-3-2-4-11-16/h2-4,10-11,15,17H,5-9,12-13H2,1H3,(H,19,22)(H,20,21). The number of hydrogen-bond acceptors (Lipinski definition) is 3. The molecule has 126 valence electrons. The van der Waals surface area contributed by atoms with Crippen LogP contribution in [0, 0.1) is 5.92 Å². The molecule has 0 aromatic heterocycles. The minimum Gasteiger partial charge on any atom is -0.354 e. The Morgan fingerprint density at radius 3 is 2.57 bits per heavy atom. The number of nitrogens with one attached hydrogen (secondary N) is 2. The summed E-state index contributed by atoms with van der Waals surface area (Å²) in [6, 6.07) is 9.90. The molecule has 1 unspecified atom stereocenters. The topological polar surface area (TPSA) is 58.2 Å². The molecular formula is C18H26N2O2S. The van der Waals surface area contributed by atoms with Gasteiger partial charge in [0.25, 0.3) is 0 Å². The van der Waals surface area contributed by atoms with Crippen molar-refractivity contribution in [3.05, 3.63) is 30.3 Å². The third-order valence-corrected chi connectivity index (χ3v) is 5.24. The maximum absolute atomic E-state index is 12.4. The summed E-state index contributed by atoms with van der Waals surface area (Å²) >= 11 is 1.80. The second kappa shape index (κ2) is 9.60. The maximum Gasteiger partial charge on any atom is 0.242 e. The van der Waals surface area contributed by atoms with Gasteiger partial charge in [0.2, 0.25) is 11.8 Å². The number of rotatable bonds is 8. The first-order chi connectivity index (χ1) is 11.2. The Balaban J connectivity index is 1.70. The monoisotopic (exact) mass is 334 g/mol. The molecule has 2 rings (SSSR count). The molecule has 2 amide bonds. The van der Waals surface area contributed by atoms with Gasteiger partial charge in [0.1, 0.15) is 6.04 Å². The molecule has 1 fully saturated rings. The van der Waals surface area contributed by atoms with Crippen molar-refractivity contribution in [1.29, 1.82) is 0 Å². The number of hydrogen-bond donors (Lipinski definition) is 2. The van der Waals surface area contributed by atoms with Crippen LogP contribution in [0.25, 0.3) is 0 Å². The molecule has 4 nitrogen and oxygen atoms in total. The predicted molar refractivity (Wildman–Crippen MR) is 94.4 cm³/mol. The highest BCUT2D eigenvalue weighted by molar-refractivity contribution is 7.99. The van der Waals surface area contributed by atoms with Crippen LogP contribution in [0.2, 0.25) is 0 Å². The predicted octanol–water partition coefficient (Wildman–Crippen LogP) is 2.98. The molecule has 5 heteroatoms. The van der Waals surface area contributed by atoms with E-state index in [2.05, 4.69) is 22.8 Å². The molecule has 23 heavy (non-hydrogen) atoms.